The largest absolute Gasteiger partial charge is 0.508 e. The first-order valence-corrected chi connectivity index (χ1v) is 10.4. The number of piperidine rings is 1. The van der Waals surface area contributed by atoms with Crippen LogP contribution in [0.3, 0.4) is 0 Å². The molecule has 8 heteroatoms. The summed E-state index contributed by atoms with van der Waals surface area (Å²) in [6, 6.07) is 8.39. The lowest BCUT2D eigenvalue weighted by Gasteiger charge is -2.31. The van der Waals surface area contributed by atoms with Gasteiger partial charge in [-0.2, -0.15) is 5.10 Å². The fourth-order valence-corrected chi connectivity index (χ4v) is 3.84. The molecule has 0 bridgehead atoms. The number of nitrogens with zero attached hydrogens (tertiary/aromatic N) is 4. The van der Waals surface area contributed by atoms with Crippen molar-refractivity contribution in [2.45, 2.75) is 18.8 Å². The maximum atomic E-state index is 12.6. The molecule has 31 heavy (non-hydrogen) atoms. The minimum atomic E-state index is 0.0325. The number of nitrogens with one attached hydrogen (secondary N) is 1. The highest BCUT2D eigenvalue weighted by molar-refractivity contribution is 5.88. The van der Waals surface area contributed by atoms with E-state index in [2.05, 4.69) is 15.2 Å². The van der Waals surface area contributed by atoms with Crippen molar-refractivity contribution in [3.8, 4) is 17.2 Å². The number of aromatic nitrogens is 3. The predicted octanol–water partition coefficient (Wildman–Crippen LogP) is 3.28. The Morgan fingerprint density at radius 2 is 2.13 bits per heavy atom. The highest BCUT2D eigenvalue weighted by Gasteiger charge is 2.28. The number of carbonyl (C=O) groups is 1. The fraction of sp³-hybridized carbons (Fsp3) is 0.348. The van der Waals surface area contributed by atoms with E-state index in [1.165, 1.54) is 0 Å². The molecule has 1 amide bonds. The van der Waals surface area contributed by atoms with E-state index in [1.807, 2.05) is 36.0 Å². The molecule has 0 saturated carbocycles. The Kier molecular flexibility index (Phi) is 6.18. The van der Waals surface area contributed by atoms with Gasteiger partial charge in [0.05, 0.1) is 11.1 Å². The molecular weight excluding hydrogens is 394 g/mol. The third-order valence-electron chi connectivity index (χ3n) is 5.37. The molecule has 3 aromatic rings. The van der Waals surface area contributed by atoms with Crippen molar-refractivity contribution in [2.75, 3.05) is 33.7 Å². The van der Waals surface area contributed by atoms with Gasteiger partial charge in [0, 0.05) is 37.8 Å². The Balaban J connectivity index is 1.57. The van der Waals surface area contributed by atoms with E-state index in [9.17, 15) is 9.90 Å². The third-order valence-corrected chi connectivity index (χ3v) is 5.37. The molecule has 4 rings (SSSR count). The molecule has 1 aliphatic heterocycles. The van der Waals surface area contributed by atoms with Gasteiger partial charge in [-0.1, -0.05) is 6.08 Å². The van der Waals surface area contributed by atoms with Crippen LogP contribution in [0, 0.1) is 0 Å². The summed E-state index contributed by atoms with van der Waals surface area (Å²) in [7, 11) is 3.94. The second kappa shape index (κ2) is 9.18. The molecule has 1 atom stereocenters. The first-order valence-electron chi connectivity index (χ1n) is 10.4. The number of amides is 1. The zero-order chi connectivity index (χ0) is 21.8. The summed E-state index contributed by atoms with van der Waals surface area (Å²) in [4.78, 5) is 20.9. The molecule has 1 saturated heterocycles. The van der Waals surface area contributed by atoms with Gasteiger partial charge in [-0.15, -0.1) is 0 Å². The van der Waals surface area contributed by atoms with E-state index >= 15 is 0 Å². The highest BCUT2D eigenvalue weighted by Crippen LogP contribution is 2.36. The van der Waals surface area contributed by atoms with Crippen molar-refractivity contribution in [3.05, 3.63) is 54.4 Å². The molecule has 162 valence electrons. The molecular formula is C23H27N5O3. The first kappa shape index (κ1) is 20.9. The summed E-state index contributed by atoms with van der Waals surface area (Å²) in [5.74, 6) is 1.57. The van der Waals surface area contributed by atoms with Crippen LogP contribution in [0.4, 0.5) is 0 Å². The predicted molar refractivity (Wildman–Crippen MR) is 118 cm³/mol. The lowest BCUT2D eigenvalue weighted by Crippen LogP contribution is -2.38. The summed E-state index contributed by atoms with van der Waals surface area (Å²) in [5, 5.41) is 17.9. The van der Waals surface area contributed by atoms with Gasteiger partial charge in [-0.3, -0.25) is 9.89 Å². The molecule has 0 radical (unpaired) electrons. The number of rotatable bonds is 6. The average molecular weight is 422 g/mol. The summed E-state index contributed by atoms with van der Waals surface area (Å²) in [6.45, 7) is 2.09. The van der Waals surface area contributed by atoms with Crippen LogP contribution in [0.25, 0.3) is 11.0 Å². The Morgan fingerprint density at radius 1 is 1.32 bits per heavy atom. The van der Waals surface area contributed by atoms with Crippen molar-refractivity contribution in [2.24, 2.45) is 0 Å². The highest BCUT2D eigenvalue weighted by atomic mass is 16.5. The topological polar surface area (TPSA) is 94.6 Å². The number of hydrogen-bond donors (Lipinski definition) is 2. The second-order valence-electron chi connectivity index (χ2n) is 8.03. The maximum Gasteiger partial charge on any atom is 0.246 e. The van der Waals surface area contributed by atoms with Crippen LogP contribution in [-0.4, -0.2) is 69.7 Å². The van der Waals surface area contributed by atoms with Crippen LogP contribution in [-0.2, 0) is 4.79 Å². The number of H-pyrrole nitrogens is 1. The second-order valence-corrected chi connectivity index (χ2v) is 8.03. The minimum absolute atomic E-state index is 0.0325. The smallest absolute Gasteiger partial charge is 0.246 e. The van der Waals surface area contributed by atoms with Gasteiger partial charge >= 0.3 is 0 Å². The van der Waals surface area contributed by atoms with Crippen molar-refractivity contribution in [1.29, 1.82) is 0 Å². The number of pyridine rings is 1. The molecule has 1 fully saturated rings. The Labute approximate surface area is 181 Å². The number of ether oxygens (including phenoxy) is 1. The molecule has 0 spiro atoms. The van der Waals surface area contributed by atoms with Gasteiger partial charge in [-0.25, -0.2) is 4.98 Å². The zero-order valence-corrected chi connectivity index (χ0v) is 17.8. The molecule has 1 unspecified atom stereocenters. The van der Waals surface area contributed by atoms with E-state index in [4.69, 9.17) is 4.74 Å². The maximum absolute atomic E-state index is 12.6. The van der Waals surface area contributed by atoms with Crippen LogP contribution in [0.15, 0.2) is 48.7 Å². The van der Waals surface area contributed by atoms with Crippen molar-refractivity contribution >= 4 is 16.9 Å². The average Bonchev–Trinajstić information content (AvgIpc) is 3.20. The summed E-state index contributed by atoms with van der Waals surface area (Å²) >= 11 is 0. The molecule has 2 N–H and O–H groups in total. The Hall–Kier alpha value is -3.39. The molecule has 8 nitrogen and oxygen atoms in total. The molecule has 0 aliphatic carbocycles. The lowest BCUT2D eigenvalue weighted by molar-refractivity contribution is -0.127. The van der Waals surface area contributed by atoms with Crippen LogP contribution in [0.1, 0.15) is 24.5 Å². The zero-order valence-electron chi connectivity index (χ0n) is 17.8. The van der Waals surface area contributed by atoms with Crippen LogP contribution < -0.4 is 4.74 Å². The molecule has 3 heterocycles. The minimum Gasteiger partial charge on any atom is -0.508 e. The standard InChI is InChI=1S/C23H27N5O3/c1-27(2)13-4-6-20(30)28-14-3-5-16(15-28)22-21-19(11-12-24-23(21)26-25-22)31-18-9-7-17(29)8-10-18/h4,6-12,16,29H,3,5,13-15H2,1-2H3,(H,24,25,26)/b6-4+. The SMILES string of the molecule is CN(C)C/C=C/C(=O)N1CCCC(c2n[nH]c3nccc(Oc4ccc(O)cc4)c23)C1. The number of aromatic amines is 1. The quantitative estimate of drug-likeness (QED) is 0.593. The van der Waals surface area contributed by atoms with Crippen molar-refractivity contribution in [1.82, 2.24) is 25.0 Å². The van der Waals surface area contributed by atoms with Crippen molar-refractivity contribution in [3.63, 3.8) is 0 Å². The molecule has 1 aliphatic rings. The number of likely N-dealkylation sites (N-methyl/N-ethyl adjacent to an activating group) is 1. The number of hydrogen-bond acceptors (Lipinski definition) is 6. The van der Waals surface area contributed by atoms with Crippen LogP contribution in [0.5, 0.6) is 17.2 Å². The van der Waals surface area contributed by atoms with Crippen molar-refractivity contribution < 1.29 is 14.6 Å². The lowest BCUT2D eigenvalue weighted by atomic mass is 9.93. The van der Waals surface area contributed by atoms with Gasteiger partial charge in [0.15, 0.2) is 5.65 Å². The third kappa shape index (κ3) is 4.86. The summed E-state index contributed by atoms with van der Waals surface area (Å²) < 4.78 is 6.08. The fourth-order valence-electron chi connectivity index (χ4n) is 3.84. The number of phenolic OH excluding ortho intramolecular Hbond substituents is 1. The van der Waals surface area contributed by atoms with Crippen LogP contribution in [0.2, 0.25) is 0 Å². The van der Waals surface area contributed by atoms with E-state index in [1.54, 1.807) is 36.5 Å². The molecule has 1 aromatic carbocycles. The molecule has 2 aromatic heterocycles. The van der Waals surface area contributed by atoms with E-state index in [0.717, 1.165) is 37.0 Å². The van der Waals surface area contributed by atoms with Gasteiger partial charge in [0.2, 0.25) is 5.91 Å². The van der Waals surface area contributed by atoms with Gasteiger partial charge < -0.3 is 19.6 Å². The summed E-state index contributed by atoms with van der Waals surface area (Å²) in [6.07, 6.45) is 7.08. The van der Waals surface area contributed by atoms with E-state index in [0.29, 0.717) is 23.7 Å². The Morgan fingerprint density at radius 3 is 2.90 bits per heavy atom. The Bertz CT molecular complexity index is 1070. The first-order chi connectivity index (χ1) is 15.0. The monoisotopic (exact) mass is 421 g/mol. The van der Waals surface area contributed by atoms with E-state index in [-0.39, 0.29) is 17.6 Å². The number of likely N-dealkylation sites (tertiary alicyclic amines) is 1. The van der Waals surface area contributed by atoms with Gasteiger partial charge in [-0.05, 0) is 57.3 Å². The normalized spacial score (nSPS) is 17.0. The number of benzene rings is 1. The number of fused-ring (bicyclic) bond motifs is 1. The number of carbonyl (C=O) groups excluding carboxylic acids is 1. The van der Waals surface area contributed by atoms with E-state index < -0.39 is 0 Å². The van der Waals surface area contributed by atoms with Gasteiger partial charge in [0.1, 0.15) is 17.2 Å². The summed E-state index contributed by atoms with van der Waals surface area (Å²) in [5.41, 5.74) is 1.52. The van der Waals surface area contributed by atoms with Crippen LogP contribution >= 0.6 is 0 Å². The number of aromatic hydroxyl groups is 1. The van der Waals surface area contributed by atoms with Gasteiger partial charge in [0.25, 0.3) is 0 Å². The number of phenols is 1.